The number of rotatable bonds is 7. The summed E-state index contributed by atoms with van der Waals surface area (Å²) in [5, 5.41) is 15.2. The summed E-state index contributed by atoms with van der Waals surface area (Å²) in [6, 6.07) is 0.160. The molecule has 1 saturated carbocycles. The van der Waals surface area contributed by atoms with Gasteiger partial charge < -0.3 is 15.7 Å². The van der Waals surface area contributed by atoms with Crippen LogP contribution in [-0.4, -0.2) is 41.2 Å². The molecule has 3 N–H and O–H groups in total. The Labute approximate surface area is 125 Å². The first-order valence-electron chi connectivity index (χ1n) is 7.30. The molecule has 116 valence electrons. The molecule has 1 fully saturated rings. The van der Waals surface area contributed by atoms with Gasteiger partial charge in [0.05, 0.1) is 0 Å². The number of amides is 2. The predicted molar refractivity (Wildman–Crippen MR) is 82.1 cm³/mol. The van der Waals surface area contributed by atoms with E-state index < -0.39 is 5.97 Å². The van der Waals surface area contributed by atoms with Gasteiger partial charge in [-0.25, -0.2) is 4.79 Å². The average molecular weight is 302 g/mol. The predicted octanol–water partition coefficient (Wildman–Crippen LogP) is 2.46. The maximum atomic E-state index is 11.8. The van der Waals surface area contributed by atoms with Crippen molar-refractivity contribution >= 4 is 23.8 Å². The number of hydrogen-bond donors (Lipinski definition) is 3. The third-order valence-electron chi connectivity index (χ3n) is 3.80. The van der Waals surface area contributed by atoms with Crippen molar-refractivity contribution in [1.82, 2.24) is 10.6 Å². The van der Waals surface area contributed by atoms with Crippen LogP contribution in [0.25, 0.3) is 0 Å². The first kappa shape index (κ1) is 17.1. The molecule has 5 nitrogen and oxygen atoms in total. The summed E-state index contributed by atoms with van der Waals surface area (Å²) < 4.78 is 0. The molecule has 1 aliphatic rings. The number of carbonyl (C=O) groups is 2. The van der Waals surface area contributed by atoms with E-state index in [4.69, 9.17) is 5.11 Å². The smallest absolute Gasteiger partial charge is 0.315 e. The van der Waals surface area contributed by atoms with E-state index in [-0.39, 0.29) is 24.4 Å². The molecule has 0 aromatic carbocycles. The Bertz CT molecular complexity index is 318. The number of hydrogen-bond acceptors (Lipinski definition) is 3. The molecule has 0 heterocycles. The molecule has 6 heteroatoms. The largest absolute Gasteiger partial charge is 0.481 e. The van der Waals surface area contributed by atoms with Gasteiger partial charge in [-0.2, -0.15) is 11.8 Å². The molecular weight excluding hydrogens is 276 g/mol. The van der Waals surface area contributed by atoms with Gasteiger partial charge >= 0.3 is 12.0 Å². The van der Waals surface area contributed by atoms with Crippen molar-refractivity contribution in [3.8, 4) is 0 Å². The lowest BCUT2D eigenvalue weighted by atomic mass is 9.95. The molecular formula is C14H26N2O3S. The first-order valence-corrected chi connectivity index (χ1v) is 8.59. The van der Waals surface area contributed by atoms with Crippen LogP contribution in [0, 0.1) is 5.92 Å². The minimum atomic E-state index is -0.785. The zero-order valence-electron chi connectivity index (χ0n) is 12.4. The number of carboxylic acids is 1. The van der Waals surface area contributed by atoms with Crippen molar-refractivity contribution in [2.24, 2.45) is 5.92 Å². The quantitative estimate of drug-likeness (QED) is 0.675. The molecule has 0 spiro atoms. The highest BCUT2D eigenvalue weighted by atomic mass is 32.2. The molecule has 1 rings (SSSR count). The van der Waals surface area contributed by atoms with Crippen molar-refractivity contribution < 1.29 is 14.7 Å². The van der Waals surface area contributed by atoms with E-state index >= 15 is 0 Å². The van der Waals surface area contributed by atoms with Crippen LogP contribution in [0.1, 0.15) is 45.4 Å². The second-order valence-corrected chi connectivity index (χ2v) is 6.74. The molecule has 1 atom stereocenters. The van der Waals surface area contributed by atoms with E-state index in [9.17, 15) is 9.59 Å². The lowest BCUT2D eigenvalue weighted by Crippen LogP contribution is -2.45. The fraction of sp³-hybridized carbons (Fsp3) is 0.857. The standard InChI is InChI=1S/C14H26N2O3S/c1-10(3-8-13(17)18)9-15-14(19)16-11-4-6-12(20-2)7-5-11/h10-12H,3-9H2,1-2H3,(H,17,18)(H2,15,16,19). The Balaban J connectivity index is 2.12. The molecule has 20 heavy (non-hydrogen) atoms. The van der Waals surface area contributed by atoms with Crippen molar-refractivity contribution in [3.05, 3.63) is 0 Å². The summed E-state index contributed by atoms with van der Waals surface area (Å²) in [7, 11) is 0. The molecule has 0 aromatic rings. The highest BCUT2D eigenvalue weighted by molar-refractivity contribution is 7.99. The SMILES string of the molecule is CSC1CCC(NC(=O)NCC(C)CCC(=O)O)CC1. The number of carboxylic acid groups (broad SMARTS) is 1. The van der Waals surface area contributed by atoms with Gasteiger partial charge in [0.15, 0.2) is 0 Å². The van der Waals surface area contributed by atoms with Gasteiger partial charge in [-0.1, -0.05) is 6.92 Å². The topological polar surface area (TPSA) is 78.4 Å². The van der Waals surface area contributed by atoms with Crippen LogP contribution in [0.4, 0.5) is 4.79 Å². The second kappa shape index (κ2) is 9.10. The summed E-state index contributed by atoms with van der Waals surface area (Å²) in [6.07, 6.45) is 7.32. The normalized spacial score (nSPS) is 23.9. The third kappa shape index (κ3) is 7.03. The maximum Gasteiger partial charge on any atom is 0.315 e. The Morgan fingerprint density at radius 1 is 1.30 bits per heavy atom. The molecule has 1 aliphatic carbocycles. The van der Waals surface area contributed by atoms with E-state index in [0.29, 0.717) is 13.0 Å². The number of nitrogens with one attached hydrogen (secondary N) is 2. The molecule has 0 aromatic heterocycles. The summed E-state index contributed by atoms with van der Waals surface area (Å²) in [5.74, 6) is -0.601. The van der Waals surface area contributed by atoms with E-state index in [1.807, 2.05) is 18.7 Å². The molecule has 0 radical (unpaired) electrons. The fourth-order valence-corrected chi connectivity index (χ4v) is 3.16. The van der Waals surface area contributed by atoms with Gasteiger partial charge in [-0.3, -0.25) is 4.79 Å². The van der Waals surface area contributed by atoms with Crippen LogP contribution in [-0.2, 0) is 4.79 Å². The summed E-state index contributed by atoms with van der Waals surface area (Å²) in [6.45, 7) is 2.48. The fourth-order valence-electron chi connectivity index (χ4n) is 2.42. The Morgan fingerprint density at radius 2 is 1.95 bits per heavy atom. The minimum Gasteiger partial charge on any atom is -0.481 e. The minimum absolute atomic E-state index is 0.125. The van der Waals surface area contributed by atoms with Gasteiger partial charge in [-0.05, 0) is 44.3 Å². The van der Waals surface area contributed by atoms with E-state index in [2.05, 4.69) is 16.9 Å². The van der Waals surface area contributed by atoms with Crippen LogP contribution in [0.15, 0.2) is 0 Å². The summed E-state index contributed by atoms with van der Waals surface area (Å²) in [5.41, 5.74) is 0. The van der Waals surface area contributed by atoms with Gasteiger partial charge in [0.2, 0.25) is 0 Å². The highest BCUT2D eigenvalue weighted by Gasteiger charge is 2.21. The van der Waals surface area contributed by atoms with Crippen LogP contribution in [0.2, 0.25) is 0 Å². The highest BCUT2D eigenvalue weighted by Crippen LogP contribution is 2.26. The average Bonchev–Trinajstić information content (AvgIpc) is 2.43. The summed E-state index contributed by atoms with van der Waals surface area (Å²) in [4.78, 5) is 22.2. The Morgan fingerprint density at radius 3 is 2.50 bits per heavy atom. The second-order valence-electron chi connectivity index (χ2n) is 5.60. The Kier molecular flexibility index (Phi) is 7.80. The lowest BCUT2D eigenvalue weighted by Gasteiger charge is -2.28. The van der Waals surface area contributed by atoms with Crippen molar-refractivity contribution in [2.75, 3.05) is 12.8 Å². The monoisotopic (exact) mass is 302 g/mol. The maximum absolute atomic E-state index is 11.8. The lowest BCUT2D eigenvalue weighted by molar-refractivity contribution is -0.137. The van der Waals surface area contributed by atoms with Gasteiger partial charge in [0.25, 0.3) is 0 Å². The molecule has 2 amide bonds. The van der Waals surface area contributed by atoms with Gasteiger partial charge in [-0.15, -0.1) is 0 Å². The van der Waals surface area contributed by atoms with Crippen molar-refractivity contribution in [1.29, 1.82) is 0 Å². The Hall–Kier alpha value is -0.910. The molecule has 1 unspecified atom stereocenters. The van der Waals surface area contributed by atoms with Gasteiger partial charge in [0, 0.05) is 24.3 Å². The number of thioether (sulfide) groups is 1. The van der Waals surface area contributed by atoms with Crippen LogP contribution < -0.4 is 10.6 Å². The molecule has 0 bridgehead atoms. The molecule has 0 saturated heterocycles. The number of urea groups is 1. The third-order valence-corrected chi connectivity index (χ3v) is 4.94. The van der Waals surface area contributed by atoms with Crippen LogP contribution in [0.3, 0.4) is 0 Å². The number of aliphatic carboxylic acids is 1. The van der Waals surface area contributed by atoms with Gasteiger partial charge in [0.1, 0.15) is 0 Å². The first-order chi connectivity index (χ1) is 9.51. The van der Waals surface area contributed by atoms with E-state index in [1.54, 1.807) is 0 Å². The molecule has 0 aliphatic heterocycles. The summed E-state index contributed by atoms with van der Waals surface area (Å²) >= 11 is 1.91. The van der Waals surface area contributed by atoms with Crippen LogP contribution >= 0.6 is 11.8 Å². The van der Waals surface area contributed by atoms with E-state index in [0.717, 1.165) is 18.1 Å². The van der Waals surface area contributed by atoms with E-state index in [1.165, 1.54) is 12.8 Å². The van der Waals surface area contributed by atoms with Crippen LogP contribution in [0.5, 0.6) is 0 Å². The van der Waals surface area contributed by atoms with Crippen molar-refractivity contribution in [2.45, 2.75) is 56.7 Å². The zero-order chi connectivity index (χ0) is 15.0. The zero-order valence-corrected chi connectivity index (χ0v) is 13.2. The number of carbonyl (C=O) groups excluding carboxylic acids is 1. The van der Waals surface area contributed by atoms with Crippen molar-refractivity contribution in [3.63, 3.8) is 0 Å².